The van der Waals surface area contributed by atoms with E-state index in [1.165, 1.54) is 0 Å². The van der Waals surface area contributed by atoms with E-state index in [0.29, 0.717) is 0 Å². The van der Waals surface area contributed by atoms with Crippen molar-refractivity contribution in [1.82, 2.24) is 0 Å². The van der Waals surface area contributed by atoms with Crippen molar-refractivity contribution in [3.8, 4) is 0 Å². The number of sulfonamides is 1. The van der Waals surface area contributed by atoms with Crippen molar-refractivity contribution in [2.45, 2.75) is 0 Å². The number of amides is 1. The number of hydrogen-bond acceptors (Lipinski definition) is 5. The van der Waals surface area contributed by atoms with Crippen LogP contribution in [0.4, 0.5) is 11.4 Å². The third-order valence-electron chi connectivity index (χ3n) is 1.72. The molecule has 1 aromatic rings. The van der Waals surface area contributed by atoms with Gasteiger partial charge in [0.15, 0.2) is 0 Å². The van der Waals surface area contributed by atoms with Crippen molar-refractivity contribution in [1.29, 1.82) is 0 Å². The third kappa shape index (κ3) is 3.72. The molecule has 0 saturated carbocycles. The van der Waals surface area contributed by atoms with Crippen LogP contribution in [0.1, 0.15) is 10.4 Å². The Labute approximate surface area is 96.6 Å². The Morgan fingerprint density at radius 2 is 2.00 bits per heavy atom. The first kappa shape index (κ1) is 12.9. The number of carbonyl (C=O) groups excluding carboxylic acids is 1. The van der Waals surface area contributed by atoms with Crippen LogP contribution in [-0.2, 0) is 10.0 Å². The van der Waals surface area contributed by atoms with E-state index in [-0.39, 0.29) is 11.3 Å². The largest absolute Gasteiger partial charge is 0.366 e. The van der Waals surface area contributed by atoms with E-state index < -0.39 is 26.5 Å². The fourth-order valence-electron chi connectivity index (χ4n) is 1.13. The molecule has 0 saturated heterocycles. The molecule has 92 valence electrons. The molecule has 9 heteroatoms. The lowest BCUT2D eigenvalue weighted by molar-refractivity contribution is -0.384. The highest BCUT2D eigenvalue weighted by Gasteiger charge is 2.14. The lowest BCUT2D eigenvalue weighted by Gasteiger charge is -2.05. The van der Waals surface area contributed by atoms with Crippen LogP contribution in [0.25, 0.3) is 0 Å². The monoisotopic (exact) mass is 259 g/mol. The van der Waals surface area contributed by atoms with Gasteiger partial charge >= 0.3 is 0 Å². The minimum atomic E-state index is -3.59. The van der Waals surface area contributed by atoms with Gasteiger partial charge in [-0.25, -0.2) is 8.42 Å². The number of benzene rings is 1. The highest BCUT2D eigenvalue weighted by molar-refractivity contribution is 7.92. The predicted molar refractivity (Wildman–Crippen MR) is 60.1 cm³/mol. The second-order valence-corrected chi connectivity index (χ2v) is 5.01. The number of nitro groups is 1. The number of primary amides is 1. The molecule has 0 aliphatic carbocycles. The highest BCUT2D eigenvalue weighted by atomic mass is 32.2. The number of non-ortho nitro benzene ring substituents is 1. The summed E-state index contributed by atoms with van der Waals surface area (Å²) >= 11 is 0. The van der Waals surface area contributed by atoms with Crippen LogP contribution in [-0.4, -0.2) is 25.5 Å². The molecule has 17 heavy (non-hydrogen) atoms. The summed E-state index contributed by atoms with van der Waals surface area (Å²) in [5.41, 5.74) is 4.32. The fourth-order valence-corrected chi connectivity index (χ4v) is 1.68. The summed E-state index contributed by atoms with van der Waals surface area (Å²) in [7, 11) is -3.59. The molecule has 0 bridgehead atoms. The highest BCUT2D eigenvalue weighted by Crippen LogP contribution is 2.21. The molecule has 3 N–H and O–H groups in total. The van der Waals surface area contributed by atoms with Crippen LogP contribution in [0.3, 0.4) is 0 Å². The van der Waals surface area contributed by atoms with E-state index in [9.17, 15) is 23.3 Å². The maximum absolute atomic E-state index is 11.0. The average molecular weight is 259 g/mol. The topological polar surface area (TPSA) is 132 Å². The second kappa shape index (κ2) is 4.37. The number of hydrogen-bond donors (Lipinski definition) is 2. The summed E-state index contributed by atoms with van der Waals surface area (Å²) in [6.07, 6.45) is 0.885. The lowest BCUT2D eigenvalue weighted by atomic mass is 10.1. The number of nitrogens with zero attached hydrogens (tertiary/aromatic N) is 1. The summed E-state index contributed by atoms with van der Waals surface area (Å²) in [6, 6.07) is 3.08. The van der Waals surface area contributed by atoms with Crippen molar-refractivity contribution < 1.29 is 18.1 Å². The van der Waals surface area contributed by atoms with Crippen LogP contribution in [0.5, 0.6) is 0 Å². The van der Waals surface area contributed by atoms with Crippen LogP contribution in [0, 0.1) is 10.1 Å². The summed E-state index contributed by atoms with van der Waals surface area (Å²) in [6.45, 7) is 0. The average Bonchev–Trinajstić information content (AvgIpc) is 2.14. The first-order chi connectivity index (χ1) is 7.69. The standard InChI is InChI=1S/C8H9N3O5S/c1-17(15,16)10-6-2-5(8(9)12)3-7(4-6)11(13)14/h2-4,10H,1H3,(H2,9,12). The molecule has 0 spiro atoms. The molecule has 1 amide bonds. The summed E-state index contributed by atoms with van der Waals surface area (Å²) in [4.78, 5) is 20.7. The van der Waals surface area contributed by atoms with Gasteiger partial charge in [0.1, 0.15) is 0 Å². The second-order valence-electron chi connectivity index (χ2n) is 3.26. The quantitative estimate of drug-likeness (QED) is 0.583. The molecule has 1 rings (SSSR count). The SMILES string of the molecule is CS(=O)(=O)Nc1cc(C(N)=O)cc([N+](=O)[O-])c1. The van der Waals surface area contributed by atoms with Crippen LogP contribution < -0.4 is 10.5 Å². The Hall–Kier alpha value is -2.16. The van der Waals surface area contributed by atoms with Gasteiger partial charge < -0.3 is 5.73 Å². The van der Waals surface area contributed by atoms with Gasteiger partial charge in [-0.2, -0.15) is 0 Å². The van der Waals surface area contributed by atoms with Gasteiger partial charge in [0.2, 0.25) is 15.9 Å². The summed E-state index contributed by atoms with van der Waals surface area (Å²) in [5, 5.41) is 10.6. The number of rotatable bonds is 4. The minimum absolute atomic E-state index is 0.0875. The fraction of sp³-hybridized carbons (Fsp3) is 0.125. The molecule has 0 aromatic heterocycles. The van der Waals surface area contributed by atoms with Crippen LogP contribution >= 0.6 is 0 Å². The molecular weight excluding hydrogens is 250 g/mol. The molecular formula is C8H9N3O5S. The van der Waals surface area contributed by atoms with E-state index in [2.05, 4.69) is 0 Å². The van der Waals surface area contributed by atoms with E-state index in [1.54, 1.807) is 0 Å². The van der Waals surface area contributed by atoms with E-state index in [1.807, 2.05) is 4.72 Å². The molecule has 0 atom stereocenters. The van der Waals surface area contributed by atoms with Crippen molar-refractivity contribution in [3.05, 3.63) is 33.9 Å². The first-order valence-electron chi connectivity index (χ1n) is 4.26. The van der Waals surface area contributed by atoms with Gasteiger partial charge in [-0.1, -0.05) is 0 Å². The van der Waals surface area contributed by atoms with Gasteiger partial charge in [-0.3, -0.25) is 19.6 Å². The molecule has 0 fully saturated rings. The summed E-state index contributed by atoms with van der Waals surface area (Å²) in [5.74, 6) is -0.884. The van der Waals surface area contributed by atoms with Crippen molar-refractivity contribution in [2.75, 3.05) is 11.0 Å². The molecule has 0 heterocycles. The zero-order chi connectivity index (χ0) is 13.2. The van der Waals surface area contributed by atoms with Crippen molar-refractivity contribution >= 4 is 27.3 Å². The van der Waals surface area contributed by atoms with Gasteiger partial charge in [0, 0.05) is 17.7 Å². The number of nitrogens with one attached hydrogen (secondary N) is 1. The predicted octanol–water partition coefficient (Wildman–Crippen LogP) is 0.0652. The Morgan fingerprint density at radius 1 is 1.41 bits per heavy atom. The molecule has 0 aliphatic heterocycles. The van der Waals surface area contributed by atoms with Gasteiger partial charge in [-0.15, -0.1) is 0 Å². The van der Waals surface area contributed by atoms with Gasteiger partial charge in [0.25, 0.3) is 5.69 Å². The Morgan fingerprint density at radius 3 is 2.41 bits per heavy atom. The van der Waals surface area contributed by atoms with Gasteiger partial charge in [0.05, 0.1) is 16.9 Å². The van der Waals surface area contributed by atoms with E-state index >= 15 is 0 Å². The molecule has 0 unspecified atom stereocenters. The van der Waals surface area contributed by atoms with E-state index in [4.69, 9.17) is 5.73 Å². The van der Waals surface area contributed by atoms with Crippen molar-refractivity contribution in [2.24, 2.45) is 5.73 Å². The van der Waals surface area contributed by atoms with E-state index in [0.717, 1.165) is 24.5 Å². The molecule has 0 radical (unpaired) electrons. The normalized spacial score (nSPS) is 10.9. The lowest BCUT2D eigenvalue weighted by Crippen LogP contribution is -2.14. The third-order valence-corrected chi connectivity index (χ3v) is 2.32. The summed E-state index contributed by atoms with van der Waals surface area (Å²) < 4.78 is 24.0. The smallest absolute Gasteiger partial charge is 0.272 e. The molecule has 0 aliphatic rings. The van der Waals surface area contributed by atoms with Crippen LogP contribution in [0.15, 0.2) is 18.2 Å². The minimum Gasteiger partial charge on any atom is -0.366 e. The molecule has 1 aromatic carbocycles. The Kier molecular flexibility index (Phi) is 3.32. The molecule has 8 nitrogen and oxygen atoms in total. The Balaban J connectivity index is 3.31. The number of nitro benzene ring substituents is 1. The number of anilines is 1. The maximum Gasteiger partial charge on any atom is 0.272 e. The number of nitrogens with two attached hydrogens (primary N) is 1. The Bertz CT molecular complexity index is 549. The van der Waals surface area contributed by atoms with Crippen molar-refractivity contribution in [3.63, 3.8) is 0 Å². The van der Waals surface area contributed by atoms with Gasteiger partial charge in [-0.05, 0) is 6.07 Å². The zero-order valence-electron chi connectivity index (χ0n) is 8.71. The first-order valence-corrected chi connectivity index (χ1v) is 6.15. The van der Waals surface area contributed by atoms with Crippen LogP contribution in [0.2, 0.25) is 0 Å². The number of carbonyl (C=O) groups is 1. The zero-order valence-corrected chi connectivity index (χ0v) is 9.52. The maximum atomic E-state index is 11.0.